The van der Waals surface area contributed by atoms with E-state index in [1.165, 1.54) is 29.1 Å². The zero-order valence-electron chi connectivity index (χ0n) is 17.8. The molecule has 0 saturated carbocycles. The molecule has 2 N–H and O–H groups in total. The summed E-state index contributed by atoms with van der Waals surface area (Å²) in [6.07, 6.45) is 0. The lowest BCUT2D eigenvalue weighted by Gasteiger charge is -2.42. The summed E-state index contributed by atoms with van der Waals surface area (Å²) in [5, 5.41) is 9.16. The van der Waals surface area contributed by atoms with E-state index in [9.17, 15) is 8.78 Å². The van der Waals surface area contributed by atoms with Crippen LogP contribution in [0.3, 0.4) is 0 Å². The van der Waals surface area contributed by atoms with Gasteiger partial charge in [0.05, 0.1) is 6.04 Å². The standard InChI is InChI=1S/C24H26F2N4S2/c1-17(27-24(31)28-20-8-4-18(25)5-9-20)23(22-3-2-16-32-22)30-14-12-29(13-15-30)21-10-6-19(26)7-11-21/h2-11,16-17,23H,12-15H2,1H3,(H2,27,28,31)/t17-,23+/m1/s1. The maximum absolute atomic E-state index is 13.3. The van der Waals surface area contributed by atoms with Crippen molar-refractivity contribution in [2.24, 2.45) is 0 Å². The van der Waals surface area contributed by atoms with Crippen molar-refractivity contribution < 1.29 is 8.78 Å². The molecule has 1 saturated heterocycles. The Morgan fingerprint density at radius 3 is 2.16 bits per heavy atom. The summed E-state index contributed by atoms with van der Waals surface area (Å²) in [6.45, 7) is 5.67. The van der Waals surface area contributed by atoms with Gasteiger partial charge in [0.25, 0.3) is 0 Å². The fourth-order valence-corrected chi connectivity index (χ4v) is 5.37. The Labute approximate surface area is 196 Å². The number of halogens is 2. The van der Waals surface area contributed by atoms with Gasteiger partial charge in [0, 0.05) is 48.5 Å². The molecular formula is C24H26F2N4S2. The fourth-order valence-electron chi connectivity index (χ4n) is 4.10. The molecule has 0 bridgehead atoms. The van der Waals surface area contributed by atoms with E-state index < -0.39 is 0 Å². The maximum Gasteiger partial charge on any atom is 0.171 e. The van der Waals surface area contributed by atoms with Crippen molar-refractivity contribution in [1.29, 1.82) is 0 Å². The van der Waals surface area contributed by atoms with E-state index >= 15 is 0 Å². The van der Waals surface area contributed by atoms with Crippen molar-refractivity contribution in [2.45, 2.75) is 19.0 Å². The summed E-state index contributed by atoms with van der Waals surface area (Å²) in [6, 6.07) is 17.3. The summed E-state index contributed by atoms with van der Waals surface area (Å²) >= 11 is 7.26. The highest BCUT2D eigenvalue weighted by molar-refractivity contribution is 7.80. The van der Waals surface area contributed by atoms with Crippen LogP contribution >= 0.6 is 23.6 Å². The van der Waals surface area contributed by atoms with Gasteiger partial charge < -0.3 is 15.5 Å². The molecule has 0 spiro atoms. The number of hydrogen-bond donors (Lipinski definition) is 2. The second-order valence-corrected chi connectivity index (χ2v) is 9.24. The molecule has 8 heteroatoms. The van der Waals surface area contributed by atoms with E-state index in [4.69, 9.17) is 12.2 Å². The van der Waals surface area contributed by atoms with Gasteiger partial charge in [0.15, 0.2) is 5.11 Å². The average molecular weight is 473 g/mol. The van der Waals surface area contributed by atoms with Crippen LogP contribution in [0.1, 0.15) is 17.8 Å². The van der Waals surface area contributed by atoms with E-state index in [1.807, 2.05) is 12.1 Å². The van der Waals surface area contributed by atoms with E-state index in [2.05, 4.69) is 44.9 Å². The van der Waals surface area contributed by atoms with Crippen molar-refractivity contribution in [2.75, 3.05) is 36.4 Å². The lowest BCUT2D eigenvalue weighted by molar-refractivity contribution is 0.163. The van der Waals surface area contributed by atoms with Crippen LogP contribution < -0.4 is 15.5 Å². The molecular weight excluding hydrogens is 446 g/mol. The van der Waals surface area contributed by atoms with Gasteiger partial charge in [0.1, 0.15) is 11.6 Å². The van der Waals surface area contributed by atoms with Crippen LogP contribution in [0.5, 0.6) is 0 Å². The predicted octanol–water partition coefficient (Wildman–Crippen LogP) is 5.26. The zero-order valence-corrected chi connectivity index (χ0v) is 19.4. The summed E-state index contributed by atoms with van der Waals surface area (Å²) in [5.74, 6) is -0.490. The summed E-state index contributed by atoms with van der Waals surface area (Å²) < 4.78 is 26.4. The molecule has 4 rings (SSSR count). The first-order valence-electron chi connectivity index (χ1n) is 10.6. The molecule has 1 fully saturated rings. The Hall–Kier alpha value is -2.55. The number of nitrogens with one attached hydrogen (secondary N) is 2. The number of thiophene rings is 1. The molecule has 0 radical (unpaired) electrons. The smallest absolute Gasteiger partial charge is 0.171 e. The van der Waals surface area contributed by atoms with Crippen LogP contribution in [0.25, 0.3) is 0 Å². The predicted molar refractivity (Wildman–Crippen MR) is 132 cm³/mol. The minimum Gasteiger partial charge on any atom is -0.369 e. The summed E-state index contributed by atoms with van der Waals surface area (Å²) in [7, 11) is 0. The quantitative estimate of drug-likeness (QED) is 0.478. The SMILES string of the molecule is C[C@@H](NC(=S)Nc1ccc(F)cc1)[C@@H](c1cccs1)N1CCN(c2ccc(F)cc2)CC1. The van der Waals surface area contributed by atoms with E-state index in [0.717, 1.165) is 37.6 Å². The molecule has 1 aliphatic heterocycles. The molecule has 2 aromatic carbocycles. The Balaban J connectivity index is 1.40. The van der Waals surface area contributed by atoms with Gasteiger partial charge in [-0.25, -0.2) is 8.78 Å². The highest BCUT2D eigenvalue weighted by Crippen LogP contribution is 2.30. The highest BCUT2D eigenvalue weighted by atomic mass is 32.1. The number of nitrogens with zero attached hydrogens (tertiary/aromatic N) is 2. The average Bonchev–Trinajstić information content (AvgIpc) is 3.31. The van der Waals surface area contributed by atoms with Gasteiger partial charge in [-0.3, -0.25) is 4.90 Å². The van der Waals surface area contributed by atoms with Gasteiger partial charge in [-0.1, -0.05) is 6.07 Å². The third-order valence-electron chi connectivity index (χ3n) is 5.67. The number of rotatable bonds is 6. The molecule has 3 aromatic rings. The number of hydrogen-bond acceptors (Lipinski definition) is 4. The van der Waals surface area contributed by atoms with Crippen LogP contribution in [0, 0.1) is 11.6 Å². The minimum atomic E-state index is -0.277. The number of anilines is 2. The van der Waals surface area contributed by atoms with Gasteiger partial charge in [-0.2, -0.15) is 0 Å². The first-order chi connectivity index (χ1) is 15.5. The second kappa shape index (κ2) is 10.4. The second-order valence-electron chi connectivity index (χ2n) is 7.85. The molecule has 0 aliphatic carbocycles. The molecule has 0 unspecified atom stereocenters. The topological polar surface area (TPSA) is 30.5 Å². The molecule has 168 valence electrons. The van der Waals surface area contributed by atoms with Crippen LogP contribution in [0.15, 0.2) is 66.0 Å². The van der Waals surface area contributed by atoms with Crippen molar-refractivity contribution in [3.8, 4) is 0 Å². The molecule has 1 aliphatic rings. The third-order valence-corrected chi connectivity index (χ3v) is 6.83. The number of benzene rings is 2. The molecule has 4 nitrogen and oxygen atoms in total. The Kier molecular flexibility index (Phi) is 7.34. The minimum absolute atomic E-state index is 0.0615. The van der Waals surface area contributed by atoms with Gasteiger partial charge in [0.2, 0.25) is 0 Å². The van der Waals surface area contributed by atoms with Crippen LogP contribution in [-0.2, 0) is 0 Å². The van der Waals surface area contributed by atoms with Gasteiger partial charge in [-0.15, -0.1) is 11.3 Å². The van der Waals surface area contributed by atoms with Crippen molar-refractivity contribution >= 4 is 40.0 Å². The fraction of sp³-hybridized carbons (Fsp3) is 0.292. The first kappa shape index (κ1) is 22.6. The monoisotopic (exact) mass is 472 g/mol. The molecule has 1 aromatic heterocycles. The lowest BCUT2D eigenvalue weighted by atomic mass is 10.0. The summed E-state index contributed by atoms with van der Waals surface area (Å²) in [4.78, 5) is 6.05. The Morgan fingerprint density at radius 2 is 1.56 bits per heavy atom. The van der Waals surface area contributed by atoms with E-state index in [-0.39, 0.29) is 23.7 Å². The third kappa shape index (κ3) is 5.62. The van der Waals surface area contributed by atoms with Crippen LogP contribution in [0.2, 0.25) is 0 Å². The molecule has 2 atom stereocenters. The summed E-state index contributed by atoms with van der Waals surface area (Å²) in [5.41, 5.74) is 1.80. The molecule has 2 heterocycles. The molecule has 32 heavy (non-hydrogen) atoms. The van der Waals surface area contributed by atoms with Gasteiger partial charge >= 0.3 is 0 Å². The van der Waals surface area contributed by atoms with Crippen LogP contribution in [-0.4, -0.2) is 42.2 Å². The normalized spacial score (nSPS) is 16.4. The van der Waals surface area contributed by atoms with Crippen LogP contribution in [0.4, 0.5) is 20.2 Å². The molecule has 0 amide bonds. The van der Waals surface area contributed by atoms with Gasteiger partial charge in [-0.05, 0) is 79.1 Å². The lowest BCUT2D eigenvalue weighted by Crippen LogP contribution is -2.52. The largest absolute Gasteiger partial charge is 0.369 e. The highest BCUT2D eigenvalue weighted by Gasteiger charge is 2.30. The Morgan fingerprint density at radius 1 is 0.938 bits per heavy atom. The maximum atomic E-state index is 13.3. The number of piperazine rings is 1. The first-order valence-corrected chi connectivity index (χ1v) is 11.9. The number of thiocarbonyl (C=S) groups is 1. The van der Waals surface area contributed by atoms with Crippen molar-refractivity contribution in [3.63, 3.8) is 0 Å². The Bertz CT molecular complexity index is 1000. The van der Waals surface area contributed by atoms with Crippen molar-refractivity contribution in [1.82, 2.24) is 10.2 Å². The zero-order chi connectivity index (χ0) is 22.5. The van der Waals surface area contributed by atoms with E-state index in [0.29, 0.717) is 5.11 Å². The van der Waals surface area contributed by atoms with E-state index in [1.54, 1.807) is 23.5 Å². The van der Waals surface area contributed by atoms with Crippen molar-refractivity contribution in [3.05, 3.63) is 82.6 Å².